The Hall–Kier alpha value is 0.430. The average Bonchev–Trinajstić information content (AvgIpc) is 2.89. The van der Waals surface area contributed by atoms with E-state index in [1.54, 1.807) is 50.3 Å². The molecule has 0 rings (SSSR count). The molecule has 0 aromatic carbocycles. The molecule has 0 aromatic heterocycles. The molecule has 0 aromatic rings. The topological polar surface area (TPSA) is 0 Å². The fourth-order valence-corrected chi connectivity index (χ4v) is 11.9. The molecule has 0 atom stereocenters. The molecule has 0 aliphatic heterocycles. The molecule has 0 aliphatic rings. The van der Waals surface area contributed by atoms with Gasteiger partial charge in [0.1, 0.15) is 0 Å². The van der Waals surface area contributed by atoms with Gasteiger partial charge in [0, 0.05) is 0 Å². The second-order valence-electron chi connectivity index (χ2n) is 12.6. The molecule has 0 aliphatic carbocycles. The monoisotopic (exact) mass is 527 g/mol. The first-order chi connectivity index (χ1) is 17.7. The first-order valence-electron chi connectivity index (χ1n) is 17.7. The van der Waals surface area contributed by atoms with Gasteiger partial charge in [-0.1, -0.05) is 0 Å². The Balaban J connectivity index is 4.60. The standard InChI is InChI=1S/C35H75P/c1-5-9-13-16-19-22-25-29-33-36(32-28-12-8-4,34-30-26-23-20-17-14-10-6-2)35-31-27-24-21-18-15-11-7-3/h36H,5-35H2,1-4H3. The molecule has 0 unspecified atom stereocenters. The van der Waals surface area contributed by atoms with E-state index in [0.29, 0.717) is 0 Å². The molecule has 0 heterocycles. The van der Waals surface area contributed by atoms with Crippen LogP contribution in [0.15, 0.2) is 0 Å². The summed E-state index contributed by atoms with van der Waals surface area (Å²) in [6.45, 7) is 9.41. The summed E-state index contributed by atoms with van der Waals surface area (Å²) in [6, 6.07) is 0. The fourth-order valence-electron chi connectivity index (χ4n) is 6.40. The Morgan fingerprint density at radius 2 is 0.389 bits per heavy atom. The second kappa shape index (κ2) is 30.0. The zero-order valence-electron chi connectivity index (χ0n) is 26.4. The Morgan fingerprint density at radius 1 is 0.222 bits per heavy atom. The maximum atomic E-state index is 2.40. The molecule has 0 N–H and O–H groups in total. The summed E-state index contributed by atoms with van der Waals surface area (Å²) in [6.07, 6.45) is 46.9. The van der Waals surface area contributed by atoms with Crippen molar-refractivity contribution in [3.05, 3.63) is 0 Å². The number of unbranched alkanes of at least 4 members (excludes halogenated alkanes) is 23. The van der Waals surface area contributed by atoms with Crippen LogP contribution in [0.5, 0.6) is 0 Å². The molecule has 0 radical (unpaired) electrons. The molecular formula is C35H75P. The van der Waals surface area contributed by atoms with Crippen molar-refractivity contribution in [3.63, 3.8) is 0 Å². The Morgan fingerprint density at radius 3 is 0.639 bits per heavy atom. The third-order valence-corrected chi connectivity index (χ3v) is 14.6. The predicted molar refractivity (Wildman–Crippen MR) is 175 cm³/mol. The molecule has 0 saturated heterocycles. The van der Waals surface area contributed by atoms with E-state index in [-0.39, 0.29) is 0 Å². The molecule has 0 amide bonds. The molecule has 220 valence electrons. The van der Waals surface area contributed by atoms with Crippen molar-refractivity contribution in [3.8, 4) is 0 Å². The first kappa shape index (κ1) is 36.4. The van der Waals surface area contributed by atoms with Crippen molar-refractivity contribution in [2.45, 2.75) is 201 Å². The molecule has 0 fully saturated rings. The van der Waals surface area contributed by atoms with E-state index in [4.69, 9.17) is 0 Å². The van der Waals surface area contributed by atoms with Crippen LogP contribution in [-0.4, -0.2) is 24.6 Å². The summed E-state index contributed by atoms with van der Waals surface area (Å²) in [4.78, 5) is 0. The van der Waals surface area contributed by atoms with Gasteiger partial charge in [0.25, 0.3) is 0 Å². The SMILES string of the molecule is CCCCCCCCCC[PH](CCCCC)(CCCCCCCCCC)CCCCCCCCCC. The number of hydrogen-bond acceptors (Lipinski definition) is 0. The van der Waals surface area contributed by atoms with Crippen LogP contribution in [0.4, 0.5) is 0 Å². The van der Waals surface area contributed by atoms with Crippen LogP contribution in [-0.2, 0) is 0 Å². The summed E-state index contributed by atoms with van der Waals surface area (Å²) in [5, 5.41) is 0. The van der Waals surface area contributed by atoms with Gasteiger partial charge < -0.3 is 0 Å². The summed E-state index contributed by atoms with van der Waals surface area (Å²) in [7, 11) is -1.08. The molecular weight excluding hydrogens is 451 g/mol. The third-order valence-electron chi connectivity index (χ3n) is 8.99. The summed E-state index contributed by atoms with van der Waals surface area (Å²) >= 11 is 0. The summed E-state index contributed by atoms with van der Waals surface area (Å²) in [5.41, 5.74) is 0. The fraction of sp³-hybridized carbons (Fsp3) is 1.00. The van der Waals surface area contributed by atoms with Crippen LogP contribution in [0.25, 0.3) is 0 Å². The van der Waals surface area contributed by atoms with Gasteiger partial charge in [-0.2, -0.15) is 0 Å². The van der Waals surface area contributed by atoms with E-state index in [2.05, 4.69) is 27.7 Å². The Bertz CT molecular complexity index is 340. The summed E-state index contributed by atoms with van der Waals surface area (Å²) < 4.78 is 0. The van der Waals surface area contributed by atoms with Crippen molar-refractivity contribution < 1.29 is 0 Å². The zero-order chi connectivity index (χ0) is 26.4. The maximum absolute atomic E-state index is 2.40. The van der Waals surface area contributed by atoms with E-state index in [9.17, 15) is 0 Å². The van der Waals surface area contributed by atoms with Gasteiger partial charge in [-0.15, -0.1) is 0 Å². The first-order valence-corrected chi connectivity index (χ1v) is 20.6. The van der Waals surface area contributed by atoms with Crippen LogP contribution in [0.2, 0.25) is 0 Å². The van der Waals surface area contributed by atoms with E-state index in [1.165, 1.54) is 148 Å². The van der Waals surface area contributed by atoms with Crippen molar-refractivity contribution in [2.24, 2.45) is 0 Å². The number of rotatable bonds is 31. The van der Waals surface area contributed by atoms with E-state index in [1.807, 2.05) is 0 Å². The van der Waals surface area contributed by atoms with Gasteiger partial charge in [0.2, 0.25) is 0 Å². The predicted octanol–water partition coefficient (Wildman–Crippen LogP) is 13.3. The van der Waals surface area contributed by atoms with Crippen molar-refractivity contribution in [1.82, 2.24) is 0 Å². The second-order valence-corrected chi connectivity index (χ2v) is 17.6. The minimum atomic E-state index is -1.08. The van der Waals surface area contributed by atoms with Gasteiger partial charge in [-0.3, -0.25) is 0 Å². The van der Waals surface area contributed by atoms with Gasteiger partial charge in [0.15, 0.2) is 0 Å². The average molecular weight is 527 g/mol. The van der Waals surface area contributed by atoms with Gasteiger partial charge >= 0.3 is 233 Å². The van der Waals surface area contributed by atoms with Gasteiger partial charge in [-0.05, 0) is 0 Å². The van der Waals surface area contributed by atoms with Gasteiger partial charge in [-0.25, -0.2) is 0 Å². The van der Waals surface area contributed by atoms with Crippen LogP contribution in [0, 0.1) is 0 Å². The minimum absolute atomic E-state index is 1.08. The molecule has 0 bridgehead atoms. The Kier molecular flexibility index (Phi) is 30.3. The van der Waals surface area contributed by atoms with Crippen LogP contribution >= 0.6 is 7.26 Å². The van der Waals surface area contributed by atoms with E-state index < -0.39 is 7.26 Å². The summed E-state index contributed by atoms with van der Waals surface area (Å²) in [5.74, 6) is 0. The van der Waals surface area contributed by atoms with Crippen LogP contribution in [0.1, 0.15) is 201 Å². The molecule has 1 heteroatoms. The Labute approximate surface area is 232 Å². The molecule has 0 spiro atoms. The molecule has 0 saturated carbocycles. The van der Waals surface area contributed by atoms with Crippen molar-refractivity contribution in [2.75, 3.05) is 24.6 Å². The number of hydrogen-bond donors (Lipinski definition) is 0. The normalized spacial score (nSPS) is 12.4. The van der Waals surface area contributed by atoms with Crippen molar-refractivity contribution >= 4 is 7.26 Å². The van der Waals surface area contributed by atoms with Crippen LogP contribution in [0.3, 0.4) is 0 Å². The quantitative estimate of drug-likeness (QED) is 0.0622. The zero-order valence-corrected chi connectivity index (χ0v) is 27.4. The van der Waals surface area contributed by atoms with Crippen molar-refractivity contribution in [1.29, 1.82) is 0 Å². The molecule has 36 heavy (non-hydrogen) atoms. The third kappa shape index (κ3) is 24.7. The van der Waals surface area contributed by atoms with Crippen LogP contribution < -0.4 is 0 Å². The van der Waals surface area contributed by atoms with Gasteiger partial charge in [0.05, 0.1) is 0 Å². The molecule has 0 nitrogen and oxygen atoms in total. The van der Waals surface area contributed by atoms with E-state index >= 15 is 0 Å². The van der Waals surface area contributed by atoms with E-state index in [0.717, 1.165) is 0 Å².